The smallest absolute Gasteiger partial charge is 0.0490 e. The molecular formula is C12H18O. The summed E-state index contributed by atoms with van der Waals surface area (Å²) in [5.41, 5.74) is 0.347. The van der Waals surface area contributed by atoms with E-state index in [1.165, 1.54) is 32.1 Å². The van der Waals surface area contributed by atoms with Crippen LogP contribution in [0.2, 0.25) is 0 Å². The highest BCUT2D eigenvalue weighted by Crippen LogP contribution is 2.63. The lowest BCUT2D eigenvalue weighted by molar-refractivity contribution is 0.0547. The summed E-state index contributed by atoms with van der Waals surface area (Å²) < 4.78 is 0. The summed E-state index contributed by atoms with van der Waals surface area (Å²) in [6, 6.07) is 0. The second kappa shape index (κ2) is 2.60. The fourth-order valence-electron chi connectivity index (χ4n) is 4.22. The number of aliphatic hydroxyl groups is 1. The molecule has 4 unspecified atom stereocenters. The Morgan fingerprint density at radius 3 is 3.00 bits per heavy atom. The molecule has 0 amide bonds. The van der Waals surface area contributed by atoms with Gasteiger partial charge in [0.2, 0.25) is 0 Å². The van der Waals surface area contributed by atoms with Crippen LogP contribution in [0, 0.1) is 23.2 Å². The second-order valence-electron chi connectivity index (χ2n) is 5.24. The number of rotatable bonds is 1. The largest absolute Gasteiger partial charge is 0.396 e. The standard InChI is InChI=1S/C12H18O/c13-8-12-6-5-9(7-12)10-3-1-2-4-11(10)12/h1-2,9-11,13H,3-8H2. The summed E-state index contributed by atoms with van der Waals surface area (Å²) >= 11 is 0. The van der Waals surface area contributed by atoms with Crippen LogP contribution in [0.15, 0.2) is 12.2 Å². The van der Waals surface area contributed by atoms with Gasteiger partial charge in [-0.25, -0.2) is 0 Å². The van der Waals surface area contributed by atoms with Gasteiger partial charge < -0.3 is 5.11 Å². The van der Waals surface area contributed by atoms with Gasteiger partial charge in [0.05, 0.1) is 0 Å². The molecule has 2 saturated carbocycles. The molecule has 13 heavy (non-hydrogen) atoms. The molecule has 4 atom stereocenters. The van der Waals surface area contributed by atoms with Crippen molar-refractivity contribution >= 4 is 0 Å². The van der Waals surface area contributed by atoms with Crippen molar-refractivity contribution in [3.63, 3.8) is 0 Å². The van der Waals surface area contributed by atoms with Crippen LogP contribution < -0.4 is 0 Å². The van der Waals surface area contributed by atoms with Crippen molar-refractivity contribution in [2.24, 2.45) is 23.2 Å². The molecule has 0 aromatic carbocycles. The Balaban J connectivity index is 1.94. The van der Waals surface area contributed by atoms with Gasteiger partial charge >= 0.3 is 0 Å². The fourth-order valence-corrected chi connectivity index (χ4v) is 4.22. The maximum absolute atomic E-state index is 9.56. The highest BCUT2D eigenvalue weighted by atomic mass is 16.3. The first-order valence-electron chi connectivity index (χ1n) is 5.62. The molecular weight excluding hydrogens is 160 g/mol. The molecule has 1 heteroatoms. The number of aliphatic hydroxyl groups excluding tert-OH is 1. The van der Waals surface area contributed by atoms with E-state index in [0.29, 0.717) is 12.0 Å². The van der Waals surface area contributed by atoms with Gasteiger partial charge in [0.15, 0.2) is 0 Å². The van der Waals surface area contributed by atoms with Crippen LogP contribution in [0.5, 0.6) is 0 Å². The van der Waals surface area contributed by atoms with Gasteiger partial charge in [-0.3, -0.25) is 0 Å². The minimum absolute atomic E-state index is 0.347. The molecule has 0 spiro atoms. The lowest BCUT2D eigenvalue weighted by atomic mass is 9.66. The van der Waals surface area contributed by atoms with Gasteiger partial charge in [-0.05, 0) is 55.3 Å². The zero-order valence-electron chi connectivity index (χ0n) is 8.08. The van der Waals surface area contributed by atoms with E-state index in [-0.39, 0.29) is 0 Å². The third kappa shape index (κ3) is 0.914. The summed E-state index contributed by atoms with van der Waals surface area (Å²) in [5, 5.41) is 9.56. The summed E-state index contributed by atoms with van der Waals surface area (Å²) in [4.78, 5) is 0. The Kier molecular flexibility index (Phi) is 1.61. The van der Waals surface area contributed by atoms with Crippen molar-refractivity contribution in [2.45, 2.75) is 32.1 Å². The first-order valence-corrected chi connectivity index (χ1v) is 5.62. The number of hydrogen-bond donors (Lipinski definition) is 1. The van der Waals surface area contributed by atoms with E-state index in [1.54, 1.807) is 0 Å². The molecule has 0 saturated heterocycles. The Labute approximate surface area is 79.8 Å². The van der Waals surface area contributed by atoms with E-state index in [1.807, 2.05) is 0 Å². The van der Waals surface area contributed by atoms with Crippen LogP contribution in [0.3, 0.4) is 0 Å². The lowest BCUT2D eigenvalue weighted by Gasteiger charge is -2.39. The molecule has 0 aromatic heterocycles. The first-order chi connectivity index (χ1) is 6.36. The third-order valence-electron chi connectivity index (χ3n) is 4.87. The second-order valence-corrected chi connectivity index (χ2v) is 5.24. The van der Waals surface area contributed by atoms with Crippen molar-refractivity contribution in [2.75, 3.05) is 6.61 Å². The molecule has 2 fully saturated rings. The quantitative estimate of drug-likeness (QED) is 0.611. The van der Waals surface area contributed by atoms with Crippen molar-refractivity contribution in [3.05, 3.63) is 12.2 Å². The highest BCUT2D eigenvalue weighted by molar-refractivity contribution is 5.11. The Morgan fingerprint density at radius 1 is 1.31 bits per heavy atom. The normalized spacial score (nSPS) is 52.5. The van der Waals surface area contributed by atoms with Gasteiger partial charge in [0, 0.05) is 6.61 Å². The molecule has 0 radical (unpaired) electrons. The molecule has 3 aliphatic rings. The third-order valence-corrected chi connectivity index (χ3v) is 4.87. The lowest BCUT2D eigenvalue weighted by Crippen LogP contribution is -2.34. The number of fused-ring (bicyclic) bond motifs is 5. The molecule has 0 heterocycles. The fraction of sp³-hybridized carbons (Fsp3) is 0.833. The van der Waals surface area contributed by atoms with Crippen LogP contribution in [0.1, 0.15) is 32.1 Å². The van der Waals surface area contributed by atoms with E-state index >= 15 is 0 Å². The molecule has 2 bridgehead atoms. The van der Waals surface area contributed by atoms with E-state index in [4.69, 9.17) is 0 Å². The highest BCUT2D eigenvalue weighted by Gasteiger charge is 2.56. The maximum Gasteiger partial charge on any atom is 0.0490 e. The number of allylic oxidation sites excluding steroid dienone is 2. The predicted octanol–water partition coefficient (Wildman–Crippen LogP) is 2.36. The maximum atomic E-state index is 9.56. The van der Waals surface area contributed by atoms with Crippen molar-refractivity contribution in [3.8, 4) is 0 Å². The summed E-state index contributed by atoms with van der Waals surface area (Å²) in [6.45, 7) is 0.443. The number of hydrogen-bond acceptors (Lipinski definition) is 1. The monoisotopic (exact) mass is 178 g/mol. The molecule has 72 valence electrons. The zero-order chi connectivity index (χ0) is 8.89. The predicted molar refractivity (Wildman–Crippen MR) is 52.2 cm³/mol. The average Bonchev–Trinajstić information content (AvgIpc) is 2.75. The molecule has 3 rings (SSSR count). The van der Waals surface area contributed by atoms with E-state index in [2.05, 4.69) is 12.2 Å². The van der Waals surface area contributed by atoms with Crippen LogP contribution in [0.4, 0.5) is 0 Å². The summed E-state index contributed by atoms with van der Waals surface area (Å²) in [5.74, 6) is 2.69. The Morgan fingerprint density at radius 2 is 2.15 bits per heavy atom. The Bertz CT molecular complexity index is 246. The van der Waals surface area contributed by atoms with Crippen LogP contribution >= 0.6 is 0 Å². The molecule has 1 nitrogen and oxygen atoms in total. The van der Waals surface area contributed by atoms with Gasteiger partial charge in [-0.1, -0.05) is 12.2 Å². The minimum Gasteiger partial charge on any atom is -0.396 e. The van der Waals surface area contributed by atoms with Crippen molar-refractivity contribution in [1.82, 2.24) is 0 Å². The van der Waals surface area contributed by atoms with E-state index in [0.717, 1.165) is 17.8 Å². The van der Waals surface area contributed by atoms with Crippen LogP contribution in [-0.2, 0) is 0 Å². The molecule has 3 aliphatic carbocycles. The zero-order valence-corrected chi connectivity index (χ0v) is 8.08. The molecule has 1 N–H and O–H groups in total. The summed E-state index contributed by atoms with van der Waals surface area (Å²) in [6.07, 6.45) is 11.2. The average molecular weight is 178 g/mol. The van der Waals surface area contributed by atoms with Gasteiger partial charge in [0.25, 0.3) is 0 Å². The topological polar surface area (TPSA) is 20.2 Å². The van der Waals surface area contributed by atoms with E-state index in [9.17, 15) is 5.11 Å². The molecule has 0 aliphatic heterocycles. The van der Waals surface area contributed by atoms with Crippen LogP contribution in [-0.4, -0.2) is 11.7 Å². The van der Waals surface area contributed by atoms with Gasteiger partial charge in [-0.2, -0.15) is 0 Å². The van der Waals surface area contributed by atoms with Crippen LogP contribution in [0.25, 0.3) is 0 Å². The van der Waals surface area contributed by atoms with E-state index < -0.39 is 0 Å². The van der Waals surface area contributed by atoms with Gasteiger partial charge in [-0.15, -0.1) is 0 Å². The molecule has 0 aromatic rings. The minimum atomic E-state index is 0.347. The first kappa shape index (κ1) is 8.05. The van der Waals surface area contributed by atoms with Crippen molar-refractivity contribution in [1.29, 1.82) is 0 Å². The van der Waals surface area contributed by atoms with Crippen molar-refractivity contribution < 1.29 is 5.11 Å². The Hall–Kier alpha value is -0.300. The SMILES string of the molecule is OCC12CCC(C1)C1CC=CCC12. The summed E-state index contributed by atoms with van der Waals surface area (Å²) in [7, 11) is 0. The van der Waals surface area contributed by atoms with Gasteiger partial charge in [0.1, 0.15) is 0 Å².